The van der Waals surface area contributed by atoms with Gasteiger partial charge in [-0.3, -0.25) is 5.10 Å². The lowest BCUT2D eigenvalue weighted by Gasteiger charge is -2.12. The smallest absolute Gasteiger partial charge is 0.406 e. The lowest BCUT2D eigenvalue weighted by molar-refractivity contribution is -0.274. The highest BCUT2D eigenvalue weighted by atomic mass is 35.5. The van der Waals surface area contributed by atoms with Crippen LogP contribution < -0.4 is 4.74 Å². The molecule has 0 fully saturated rings. The van der Waals surface area contributed by atoms with Crippen LogP contribution in [0.2, 0.25) is 29.7 Å². The van der Waals surface area contributed by atoms with Crippen molar-refractivity contribution in [3.63, 3.8) is 0 Å². The molecule has 136 valence electrons. The van der Waals surface area contributed by atoms with Gasteiger partial charge in [-0.05, 0) is 12.1 Å². The first-order valence-corrected chi connectivity index (χ1v) is 11.4. The van der Waals surface area contributed by atoms with Crippen LogP contribution in [0.25, 0.3) is 11.3 Å². The van der Waals surface area contributed by atoms with Gasteiger partial charge >= 0.3 is 6.36 Å². The largest absolute Gasteiger partial charge is 0.573 e. The van der Waals surface area contributed by atoms with Crippen LogP contribution in [0.4, 0.5) is 13.2 Å². The van der Waals surface area contributed by atoms with E-state index in [0.717, 1.165) is 12.1 Å². The number of rotatable bonds is 2. The Kier molecular flexibility index (Phi) is 5.62. The molecule has 0 amide bonds. The second-order valence-electron chi connectivity index (χ2n) is 6.24. The lowest BCUT2D eigenvalue weighted by Crippen LogP contribution is -2.17. The number of alkyl halides is 3. The standard InChI is InChI=1S/C16H12Cl2F3N3OSi/c1-26(2,3)5-4-10-13(8-22)23-24-15(10)14-11(17)6-9(7-12(14)18)25-16(19,20)21/h6-7H,1-3H3,(H,23,24). The molecule has 1 N–H and O–H groups in total. The van der Waals surface area contributed by atoms with Gasteiger partial charge in [-0.1, -0.05) is 48.8 Å². The third-order valence-corrected chi connectivity index (χ3v) is 4.41. The van der Waals surface area contributed by atoms with E-state index >= 15 is 0 Å². The Hall–Kier alpha value is -2.13. The molecule has 0 aliphatic heterocycles. The lowest BCUT2D eigenvalue weighted by atomic mass is 10.1. The van der Waals surface area contributed by atoms with Crippen molar-refractivity contribution < 1.29 is 17.9 Å². The second-order valence-corrected chi connectivity index (χ2v) is 11.8. The summed E-state index contributed by atoms with van der Waals surface area (Å²) in [6.07, 6.45) is -4.87. The molecule has 0 spiro atoms. The SMILES string of the molecule is C[Si](C)(C)C#Cc1c(C#N)n[nH]c1-c1c(Cl)cc(OC(F)(F)F)cc1Cl. The van der Waals surface area contributed by atoms with Gasteiger partial charge in [0.25, 0.3) is 0 Å². The first-order chi connectivity index (χ1) is 11.9. The third kappa shape index (κ3) is 4.95. The molecule has 1 aromatic heterocycles. The van der Waals surface area contributed by atoms with Crippen molar-refractivity contribution in [2.24, 2.45) is 0 Å². The molecular weight excluding hydrogens is 406 g/mol. The predicted molar refractivity (Wildman–Crippen MR) is 95.7 cm³/mol. The van der Waals surface area contributed by atoms with Crippen molar-refractivity contribution in [3.8, 4) is 34.5 Å². The second kappa shape index (κ2) is 7.24. The fourth-order valence-electron chi connectivity index (χ4n) is 1.96. The Labute approximate surface area is 158 Å². The maximum atomic E-state index is 12.4. The van der Waals surface area contributed by atoms with Crippen molar-refractivity contribution in [1.29, 1.82) is 5.26 Å². The number of nitriles is 1. The van der Waals surface area contributed by atoms with Crippen LogP contribution in [0.15, 0.2) is 12.1 Å². The van der Waals surface area contributed by atoms with Crippen molar-refractivity contribution in [1.82, 2.24) is 10.2 Å². The minimum absolute atomic E-state index is 0.0495. The van der Waals surface area contributed by atoms with Crippen LogP contribution in [0.3, 0.4) is 0 Å². The number of nitrogens with zero attached hydrogens (tertiary/aromatic N) is 2. The number of aromatic nitrogens is 2. The summed E-state index contributed by atoms with van der Waals surface area (Å²) in [6.45, 7) is 6.07. The average molecular weight is 418 g/mol. The van der Waals surface area contributed by atoms with E-state index in [9.17, 15) is 18.4 Å². The van der Waals surface area contributed by atoms with Crippen molar-refractivity contribution in [3.05, 3.63) is 33.4 Å². The zero-order valence-electron chi connectivity index (χ0n) is 13.8. The van der Waals surface area contributed by atoms with E-state index in [1.165, 1.54) is 0 Å². The highest BCUT2D eigenvalue weighted by molar-refractivity contribution is 6.83. The minimum Gasteiger partial charge on any atom is -0.406 e. The molecule has 0 saturated carbocycles. The fourth-order valence-corrected chi connectivity index (χ4v) is 3.11. The number of nitrogens with one attached hydrogen (secondary N) is 1. The summed E-state index contributed by atoms with van der Waals surface area (Å²) >= 11 is 12.2. The quantitative estimate of drug-likeness (QED) is 0.526. The molecule has 10 heteroatoms. The van der Waals surface area contributed by atoms with Crippen LogP contribution in [0.1, 0.15) is 11.3 Å². The fraction of sp³-hybridized carbons (Fsp3) is 0.250. The molecule has 0 saturated heterocycles. The Morgan fingerprint density at radius 3 is 2.23 bits per heavy atom. The summed E-state index contributed by atoms with van der Waals surface area (Å²) in [7, 11) is -1.76. The first-order valence-electron chi connectivity index (χ1n) is 7.18. The third-order valence-electron chi connectivity index (χ3n) is 2.93. The van der Waals surface area contributed by atoms with Crippen molar-refractivity contribution in [2.45, 2.75) is 26.0 Å². The number of aromatic amines is 1. The van der Waals surface area contributed by atoms with Gasteiger partial charge in [0.15, 0.2) is 5.69 Å². The Bertz CT molecular complexity index is 924. The molecular formula is C16H12Cl2F3N3OSi. The highest BCUT2D eigenvalue weighted by Gasteiger charge is 2.32. The molecule has 2 aromatic rings. The van der Waals surface area contributed by atoms with Gasteiger partial charge in [0.05, 0.1) is 21.3 Å². The molecule has 0 bridgehead atoms. The molecule has 1 aromatic carbocycles. The Balaban J connectivity index is 2.61. The summed E-state index contributed by atoms with van der Waals surface area (Å²) in [5.41, 5.74) is 3.91. The molecule has 0 aliphatic rings. The monoisotopic (exact) mass is 417 g/mol. The average Bonchev–Trinajstić information content (AvgIpc) is 2.84. The van der Waals surface area contributed by atoms with E-state index in [-0.39, 0.29) is 27.0 Å². The van der Waals surface area contributed by atoms with Crippen molar-refractivity contribution >= 4 is 31.3 Å². The van der Waals surface area contributed by atoms with Gasteiger partial charge in [0, 0.05) is 5.56 Å². The number of benzene rings is 1. The van der Waals surface area contributed by atoms with Crippen molar-refractivity contribution in [2.75, 3.05) is 0 Å². The zero-order chi connectivity index (χ0) is 19.7. The van der Waals surface area contributed by atoms with Crippen LogP contribution >= 0.6 is 23.2 Å². The molecule has 4 nitrogen and oxygen atoms in total. The Morgan fingerprint density at radius 2 is 1.77 bits per heavy atom. The molecule has 0 aliphatic carbocycles. The topological polar surface area (TPSA) is 61.7 Å². The molecule has 0 atom stereocenters. The normalized spacial score (nSPS) is 11.5. The zero-order valence-corrected chi connectivity index (χ0v) is 16.4. The van der Waals surface area contributed by atoms with Gasteiger partial charge in [0.2, 0.25) is 0 Å². The number of ether oxygens (including phenoxy) is 1. The van der Waals surface area contributed by atoms with E-state index in [1.807, 2.05) is 25.7 Å². The van der Waals surface area contributed by atoms with Gasteiger partial charge in [-0.25, -0.2) is 0 Å². The van der Waals surface area contributed by atoms with Crippen LogP contribution in [-0.4, -0.2) is 24.6 Å². The highest BCUT2D eigenvalue weighted by Crippen LogP contribution is 2.40. The summed E-state index contributed by atoms with van der Waals surface area (Å²) < 4.78 is 41.0. The van der Waals surface area contributed by atoms with E-state index in [0.29, 0.717) is 5.56 Å². The maximum Gasteiger partial charge on any atom is 0.573 e. The summed E-state index contributed by atoms with van der Waals surface area (Å²) in [4.78, 5) is 0. The molecule has 0 unspecified atom stereocenters. The van der Waals surface area contributed by atoms with Crippen LogP contribution in [0, 0.1) is 22.8 Å². The van der Waals surface area contributed by atoms with Gasteiger partial charge in [-0.2, -0.15) is 10.4 Å². The van der Waals surface area contributed by atoms with E-state index in [4.69, 9.17) is 23.2 Å². The summed E-state index contributed by atoms with van der Waals surface area (Å²) in [6, 6.07) is 3.88. The molecule has 0 radical (unpaired) electrons. The van der Waals surface area contributed by atoms with Crippen LogP contribution in [-0.2, 0) is 0 Å². The summed E-state index contributed by atoms with van der Waals surface area (Å²) in [5.74, 6) is 2.38. The van der Waals surface area contributed by atoms with E-state index in [2.05, 4.69) is 26.4 Å². The molecule has 26 heavy (non-hydrogen) atoms. The Morgan fingerprint density at radius 1 is 1.19 bits per heavy atom. The molecule has 2 rings (SSSR count). The van der Waals surface area contributed by atoms with E-state index in [1.54, 1.807) is 0 Å². The number of halogens is 5. The van der Waals surface area contributed by atoms with E-state index < -0.39 is 20.2 Å². The number of H-pyrrole nitrogens is 1. The predicted octanol–water partition coefficient (Wildman–Crippen LogP) is 5.38. The number of hydrogen-bond donors (Lipinski definition) is 1. The summed E-state index contributed by atoms with van der Waals surface area (Å²) in [5, 5.41) is 15.5. The minimum atomic E-state index is -4.87. The molecule has 1 heterocycles. The van der Waals surface area contributed by atoms with Gasteiger partial charge in [-0.15, -0.1) is 18.7 Å². The number of hydrogen-bond acceptors (Lipinski definition) is 3. The van der Waals surface area contributed by atoms with Gasteiger partial charge < -0.3 is 4.74 Å². The first kappa shape index (κ1) is 20.2. The maximum absolute atomic E-state index is 12.4. The van der Waals surface area contributed by atoms with Crippen LogP contribution in [0.5, 0.6) is 5.75 Å². The van der Waals surface area contributed by atoms with Gasteiger partial charge in [0.1, 0.15) is 19.9 Å².